The van der Waals surface area contributed by atoms with E-state index in [9.17, 15) is 5.11 Å². The first-order valence-corrected chi connectivity index (χ1v) is 8.80. The highest BCUT2D eigenvalue weighted by Crippen LogP contribution is 2.27. The minimum atomic E-state index is -0.390. The predicted octanol–water partition coefficient (Wildman–Crippen LogP) is 3.91. The lowest BCUT2D eigenvalue weighted by atomic mass is 9.98. The van der Waals surface area contributed by atoms with Crippen LogP contribution in [0.3, 0.4) is 0 Å². The number of fused-ring (bicyclic) bond motifs is 1. The summed E-state index contributed by atoms with van der Waals surface area (Å²) in [6, 6.07) is 7.30. The van der Waals surface area contributed by atoms with E-state index in [0.717, 1.165) is 5.56 Å². The molecular weight excluding hydrogens is 258 g/mol. The molecule has 2 aliphatic carbocycles. The summed E-state index contributed by atoms with van der Waals surface area (Å²) in [5.41, 5.74) is 4.02. The molecule has 0 aliphatic heterocycles. The van der Waals surface area contributed by atoms with Gasteiger partial charge in [0.05, 0.1) is 6.10 Å². The van der Waals surface area contributed by atoms with E-state index >= 15 is 0 Å². The van der Waals surface area contributed by atoms with Crippen molar-refractivity contribution in [1.82, 2.24) is 5.32 Å². The Kier molecular flexibility index (Phi) is 4.97. The summed E-state index contributed by atoms with van der Waals surface area (Å²) in [5.74, 6) is 0. The lowest BCUT2D eigenvalue weighted by molar-refractivity contribution is 0.127. The van der Waals surface area contributed by atoms with Crippen molar-refractivity contribution in [2.75, 3.05) is 0 Å². The molecule has 0 bridgehead atoms. The number of aryl methyl sites for hydroxylation is 2. The van der Waals surface area contributed by atoms with Gasteiger partial charge in [0.1, 0.15) is 0 Å². The molecule has 2 nitrogen and oxygen atoms in total. The summed E-state index contributed by atoms with van der Waals surface area (Å²) in [7, 11) is 0. The summed E-state index contributed by atoms with van der Waals surface area (Å²) in [4.78, 5) is 0. The maximum Gasteiger partial charge on any atom is 0.0940 e. The molecule has 0 amide bonds. The topological polar surface area (TPSA) is 32.3 Å². The first-order chi connectivity index (χ1) is 10.2. The second kappa shape index (κ2) is 6.93. The van der Waals surface area contributed by atoms with Crippen LogP contribution in [0.2, 0.25) is 0 Å². The highest BCUT2D eigenvalue weighted by molar-refractivity contribution is 5.36. The lowest BCUT2D eigenvalue weighted by Gasteiger charge is -2.26. The standard InChI is InChI=1S/C19H29NO/c1-14(20-18-9-4-2-3-5-10-18)19(21)17-12-11-15-7-6-8-16(15)13-17/h11-14,18-21H,2-10H2,1H3. The molecule has 2 N–H and O–H groups in total. The lowest BCUT2D eigenvalue weighted by Crippen LogP contribution is -2.39. The second-order valence-electron chi connectivity index (χ2n) is 6.97. The maximum absolute atomic E-state index is 10.7. The molecule has 1 fully saturated rings. The molecule has 1 saturated carbocycles. The first-order valence-electron chi connectivity index (χ1n) is 8.80. The van der Waals surface area contributed by atoms with Crippen molar-refractivity contribution in [3.8, 4) is 0 Å². The van der Waals surface area contributed by atoms with Crippen molar-refractivity contribution in [2.45, 2.75) is 82.9 Å². The molecule has 0 radical (unpaired) electrons. The summed E-state index contributed by atoms with van der Waals surface area (Å²) in [6.45, 7) is 2.13. The Morgan fingerprint density at radius 2 is 1.71 bits per heavy atom. The molecule has 116 valence electrons. The van der Waals surface area contributed by atoms with Crippen LogP contribution in [0.15, 0.2) is 18.2 Å². The van der Waals surface area contributed by atoms with E-state index in [1.807, 2.05) is 0 Å². The zero-order chi connectivity index (χ0) is 14.7. The van der Waals surface area contributed by atoms with Gasteiger partial charge >= 0.3 is 0 Å². The van der Waals surface area contributed by atoms with Crippen molar-refractivity contribution < 1.29 is 5.11 Å². The number of aliphatic hydroxyl groups is 1. The van der Waals surface area contributed by atoms with E-state index in [0.29, 0.717) is 6.04 Å². The van der Waals surface area contributed by atoms with E-state index in [2.05, 4.69) is 30.4 Å². The Morgan fingerprint density at radius 1 is 1.00 bits per heavy atom. The maximum atomic E-state index is 10.7. The Balaban J connectivity index is 1.62. The molecule has 1 aromatic carbocycles. The molecule has 1 aromatic rings. The van der Waals surface area contributed by atoms with Crippen molar-refractivity contribution in [1.29, 1.82) is 0 Å². The highest BCUT2D eigenvalue weighted by Gasteiger charge is 2.22. The van der Waals surface area contributed by atoms with Gasteiger partial charge in [-0.1, -0.05) is 43.9 Å². The summed E-state index contributed by atoms with van der Waals surface area (Å²) < 4.78 is 0. The van der Waals surface area contributed by atoms with E-state index in [4.69, 9.17) is 0 Å². The SMILES string of the molecule is CC(NC1CCCCCC1)C(O)c1ccc2c(c1)CCC2. The number of nitrogens with one attached hydrogen (secondary N) is 1. The second-order valence-corrected chi connectivity index (χ2v) is 6.97. The van der Waals surface area contributed by atoms with Crippen molar-refractivity contribution >= 4 is 0 Å². The van der Waals surface area contributed by atoms with Crippen molar-refractivity contribution in [3.05, 3.63) is 34.9 Å². The molecule has 0 spiro atoms. The minimum absolute atomic E-state index is 0.132. The van der Waals surface area contributed by atoms with Crippen LogP contribution in [0.4, 0.5) is 0 Å². The van der Waals surface area contributed by atoms with Crippen LogP contribution >= 0.6 is 0 Å². The van der Waals surface area contributed by atoms with Gasteiger partial charge in [-0.05, 0) is 55.7 Å². The molecule has 3 rings (SSSR count). The van der Waals surface area contributed by atoms with Gasteiger partial charge in [-0.3, -0.25) is 0 Å². The molecular formula is C19H29NO. The van der Waals surface area contributed by atoms with Crippen LogP contribution in [0.1, 0.15) is 74.7 Å². The zero-order valence-electron chi connectivity index (χ0n) is 13.3. The molecule has 0 saturated heterocycles. The third-order valence-corrected chi connectivity index (χ3v) is 5.29. The van der Waals surface area contributed by atoms with Gasteiger partial charge < -0.3 is 10.4 Å². The smallest absolute Gasteiger partial charge is 0.0940 e. The number of hydrogen-bond donors (Lipinski definition) is 2. The molecule has 2 aliphatic rings. The van der Waals surface area contributed by atoms with E-state index in [1.165, 1.54) is 68.9 Å². The van der Waals surface area contributed by atoms with Crippen LogP contribution in [-0.4, -0.2) is 17.2 Å². The van der Waals surface area contributed by atoms with Gasteiger partial charge in [-0.2, -0.15) is 0 Å². The normalized spacial score (nSPS) is 22.6. The largest absolute Gasteiger partial charge is 0.387 e. The fourth-order valence-electron chi connectivity index (χ4n) is 3.97. The molecule has 0 aromatic heterocycles. The van der Waals surface area contributed by atoms with Crippen LogP contribution in [-0.2, 0) is 12.8 Å². The predicted molar refractivity (Wildman–Crippen MR) is 87.5 cm³/mol. The molecule has 2 atom stereocenters. The summed E-state index contributed by atoms with van der Waals surface area (Å²) in [6.07, 6.45) is 11.2. The third-order valence-electron chi connectivity index (χ3n) is 5.29. The van der Waals surface area contributed by atoms with Gasteiger partial charge in [0, 0.05) is 12.1 Å². The van der Waals surface area contributed by atoms with Gasteiger partial charge in [0.15, 0.2) is 0 Å². The van der Waals surface area contributed by atoms with Crippen LogP contribution in [0.5, 0.6) is 0 Å². The molecule has 21 heavy (non-hydrogen) atoms. The van der Waals surface area contributed by atoms with E-state index in [1.54, 1.807) is 0 Å². The Morgan fingerprint density at radius 3 is 2.48 bits per heavy atom. The summed E-state index contributed by atoms with van der Waals surface area (Å²) >= 11 is 0. The molecule has 2 unspecified atom stereocenters. The number of aliphatic hydroxyl groups excluding tert-OH is 1. The number of benzene rings is 1. The fraction of sp³-hybridized carbons (Fsp3) is 0.684. The quantitative estimate of drug-likeness (QED) is 0.823. The monoisotopic (exact) mass is 287 g/mol. The first kappa shape index (κ1) is 15.1. The van der Waals surface area contributed by atoms with Crippen LogP contribution in [0.25, 0.3) is 0 Å². The molecule has 0 heterocycles. The Bertz CT molecular complexity index is 463. The van der Waals surface area contributed by atoms with Crippen molar-refractivity contribution in [3.63, 3.8) is 0 Å². The van der Waals surface area contributed by atoms with E-state index < -0.39 is 0 Å². The highest BCUT2D eigenvalue weighted by atomic mass is 16.3. The molecule has 2 heteroatoms. The average molecular weight is 287 g/mol. The Hall–Kier alpha value is -0.860. The summed E-state index contributed by atoms with van der Waals surface area (Å²) in [5, 5.41) is 14.3. The number of hydrogen-bond acceptors (Lipinski definition) is 2. The van der Waals surface area contributed by atoms with Crippen LogP contribution in [0, 0.1) is 0 Å². The van der Waals surface area contributed by atoms with Gasteiger partial charge in [0.25, 0.3) is 0 Å². The zero-order valence-corrected chi connectivity index (χ0v) is 13.3. The number of rotatable bonds is 4. The average Bonchev–Trinajstić information content (AvgIpc) is 2.82. The van der Waals surface area contributed by atoms with Crippen molar-refractivity contribution in [2.24, 2.45) is 0 Å². The van der Waals surface area contributed by atoms with Gasteiger partial charge in [-0.25, -0.2) is 0 Å². The Labute approximate surface area is 129 Å². The van der Waals surface area contributed by atoms with Gasteiger partial charge in [0.2, 0.25) is 0 Å². The van der Waals surface area contributed by atoms with Crippen LogP contribution < -0.4 is 5.32 Å². The van der Waals surface area contributed by atoms with E-state index in [-0.39, 0.29) is 12.1 Å². The minimum Gasteiger partial charge on any atom is -0.387 e. The third kappa shape index (κ3) is 3.67. The van der Waals surface area contributed by atoms with Gasteiger partial charge in [-0.15, -0.1) is 0 Å². The fourth-order valence-corrected chi connectivity index (χ4v) is 3.97.